The van der Waals surface area contributed by atoms with E-state index in [-0.39, 0.29) is 24.1 Å². The molecule has 134 valence electrons. The Labute approximate surface area is 150 Å². The molecular formula is C20H19FN2O3. The first-order chi connectivity index (χ1) is 12.5. The zero-order chi connectivity index (χ0) is 18.7. The Bertz CT molecular complexity index is 875. The van der Waals surface area contributed by atoms with Gasteiger partial charge in [0.15, 0.2) is 0 Å². The lowest BCUT2D eigenvalue weighted by Gasteiger charge is -2.24. The highest BCUT2D eigenvalue weighted by molar-refractivity contribution is 6.06. The molecule has 1 atom stereocenters. The number of benzene rings is 2. The Kier molecular flexibility index (Phi) is 5.02. The number of hydrogen-bond acceptors (Lipinski definition) is 3. The van der Waals surface area contributed by atoms with Crippen LogP contribution in [0.15, 0.2) is 54.2 Å². The number of rotatable bonds is 4. The van der Waals surface area contributed by atoms with Gasteiger partial charge in [0.2, 0.25) is 5.91 Å². The van der Waals surface area contributed by atoms with Crippen molar-refractivity contribution >= 4 is 17.5 Å². The summed E-state index contributed by atoms with van der Waals surface area (Å²) >= 11 is 0. The van der Waals surface area contributed by atoms with Gasteiger partial charge in [0, 0.05) is 29.8 Å². The quantitative estimate of drug-likeness (QED) is 0.886. The van der Waals surface area contributed by atoms with E-state index < -0.39 is 5.92 Å². The molecule has 6 heteroatoms. The molecule has 1 unspecified atom stereocenters. The number of aryl methyl sites for hydroxylation is 1. The van der Waals surface area contributed by atoms with E-state index in [4.69, 9.17) is 4.74 Å². The molecule has 1 heterocycles. The summed E-state index contributed by atoms with van der Waals surface area (Å²) in [5.74, 6) is -0.585. The van der Waals surface area contributed by atoms with Crippen LogP contribution in [0.4, 0.5) is 10.1 Å². The van der Waals surface area contributed by atoms with Crippen molar-refractivity contribution in [2.24, 2.45) is 0 Å². The normalized spacial score (nSPS) is 16.5. The van der Waals surface area contributed by atoms with E-state index in [1.54, 1.807) is 31.4 Å². The number of anilines is 1. The van der Waals surface area contributed by atoms with Crippen molar-refractivity contribution in [2.45, 2.75) is 19.3 Å². The Hall–Kier alpha value is -3.15. The number of methoxy groups -OCH3 is 1. The van der Waals surface area contributed by atoms with Gasteiger partial charge in [-0.3, -0.25) is 9.59 Å². The molecule has 0 aliphatic carbocycles. The fourth-order valence-electron chi connectivity index (χ4n) is 2.93. The minimum atomic E-state index is -0.428. The fraction of sp³-hybridized carbons (Fsp3) is 0.200. The lowest BCUT2D eigenvalue weighted by molar-refractivity contribution is -0.121. The predicted molar refractivity (Wildman–Crippen MR) is 96.3 cm³/mol. The average Bonchev–Trinajstić information content (AvgIpc) is 2.63. The molecule has 2 aromatic carbocycles. The Morgan fingerprint density at radius 1 is 1.23 bits per heavy atom. The standard InChI is InChI=1S/C20H19FN2O3/c1-12-9-15(26-2)7-8-18(12)23-20(25)17-11-22-19(24)10-16(17)13-3-5-14(21)6-4-13/h3-9,11,16H,10H2,1-2H3,(H,22,24)(H,23,25). The van der Waals surface area contributed by atoms with Crippen molar-refractivity contribution in [1.29, 1.82) is 0 Å². The van der Waals surface area contributed by atoms with Crippen molar-refractivity contribution in [3.05, 3.63) is 71.2 Å². The van der Waals surface area contributed by atoms with Crippen LogP contribution in [0, 0.1) is 12.7 Å². The molecule has 5 nitrogen and oxygen atoms in total. The molecule has 0 saturated carbocycles. The van der Waals surface area contributed by atoms with Gasteiger partial charge in [-0.15, -0.1) is 0 Å². The Balaban J connectivity index is 1.86. The fourth-order valence-corrected chi connectivity index (χ4v) is 2.93. The number of carbonyl (C=O) groups excluding carboxylic acids is 2. The number of hydrogen-bond donors (Lipinski definition) is 2. The van der Waals surface area contributed by atoms with Crippen molar-refractivity contribution in [1.82, 2.24) is 5.32 Å². The highest BCUT2D eigenvalue weighted by Gasteiger charge is 2.29. The van der Waals surface area contributed by atoms with Crippen molar-refractivity contribution in [3.63, 3.8) is 0 Å². The molecule has 3 rings (SSSR count). The molecule has 26 heavy (non-hydrogen) atoms. The second kappa shape index (κ2) is 7.39. The second-order valence-corrected chi connectivity index (χ2v) is 6.11. The summed E-state index contributed by atoms with van der Waals surface area (Å²) in [4.78, 5) is 24.6. The zero-order valence-corrected chi connectivity index (χ0v) is 14.5. The Morgan fingerprint density at radius 2 is 1.96 bits per heavy atom. The zero-order valence-electron chi connectivity index (χ0n) is 14.5. The van der Waals surface area contributed by atoms with Crippen LogP contribution >= 0.6 is 0 Å². The third-order valence-electron chi connectivity index (χ3n) is 4.37. The summed E-state index contributed by atoms with van der Waals surface area (Å²) in [6.45, 7) is 1.87. The van der Waals surface area contributed by atoms with E-state index in [1.807, 2.05) is 13.0 Å². The number of amides is 2. The summed E-state index contributed by atoms with van der Waals surface area (Å²) in [5.41, 5.74) is 2.66. The molecule has 1 aliphatic rings. The van der Waals surface area contributed by atoms with E-state index in [0.29, 0.717) is 22.6 Å². The molecule has 0 saturated heterocycles. The second-order valence-electron chi connectivity index (χ2n) is 6.11. The van der Waals surface area contributed by atoms with Gasteiger partial charge in [0.1, 0.15) is 11.6 Å². The van der Waals surface area contributed by atoms with Gasteiger partial charge in [0.05, 0.1) is 7.11 Å². The highest BCUT2D eigenvalue weighted by atomic mass is 19.1. The number of halogens is 1. The van der Waals surface area contributed by atoms with Crippen molar-refractivity contribution in [2.75, 3.05) is 12.4 Å². The summed E-state index contributed by atoms with van der Waals surface area (Å²) in [6.07, 6.45) is 1.56. The minimum absolute atomic E-state index is 0.131. The first kappa shape index (κ1) is 17.7. The van der Waals surface area contributed by atoms with Crippen LogP contribution < -0.4 is 15.4 Å². The van der Waals surface area contributed by atoms with Gasteiger partial charge < -0.3 is 15.4 Å². The van der Waals surface area contributed by atoms with E-state index in [9.17, 15) is 14.0 Å². The van der Waals surface area contributed by atoms with Gasteiger partial charge in [-0.25, -0.2) is 4.39 Å². The third-order valence-corrected chi connectivity index (χ3v) is 4.37. The number of ether oxygens (including phenoxy) is 1. The van der Waals surface area contributed by atoms with E-state index >= 15 is 0 Å². The topological polar surface area (TPSA) is 67.4 Å². The molecule has 1 aliphatic heterocycles. The minimum Gasteiger partial charge on any atom is -0.497 e. The third kappa shape index (κ3) is 3.74. The smallest absolute Gasteiger partial charge is 0.253 e. The van der Waals surface area contributed by atoms with Gasteiger partial charge in [-0.2, -0.15) is 0 Å². The van der Waals surface area contributed by atoms with Gasteiger partial charge in [-0.05, 0) is 48.4 Å². The number of carbonyl (C=O) groups is 2. The largest absolute Gasteiger partial charge is 0.497 e. The average molecular weight is 354 g/mol. The molecule has 0 spiro atoms. The van der Waals surface area contributed by atoms with Crippen LogP contribution in [0.25, 0.3) is 0 Å². The van der Waals surface area contributed by atoms with Gasteiger partial charge in [-0.1, -0.05) is 12.1 Å². The Morgan fingerprint density at radius 3 is 2.62 bits per heavy atom. The van der Waals surface area contributed by atoms with Crippen LogP contribution in [-0.2, 0) is 9.59 Å². The maximum atomic E-state index is 13.2. The van der Waals surface area contributed by atoms with Gasteiger partial charge in [0.25, 0.3) is 5.91 Å². The monoisotopic (exact) mass is 354 g/mol. The molecular weight excluding hydrogens is 335 g/mol. The first-order valence-corrected chi connectivity index (χ1v) is 8.19. The van der Waals surface area contributed by atoms with Crippen LogP contribution in [0.1, 0.15) is 23.5 Å². The predicted octanol–water partition coefficient (Wildman–Crippen LogP) is 3.27. The maximum absolute atomic E-state index is 13.2. The highest BCUT2D eigenvalue weighted by Crippen LogP contribution is 2.31. The molecule has 0 radical (unpaired) electrons. The first-order valence-electron chi connectivity index (χ1n) is 8.19. The lowest BCUT2D eigenvalue weighted by Crippen LogP contribution is -2.32. The van der Waals surface area contributed by atoms with Crippen molar-refractivity contribution in [3.8, 4) is 5.75 Å². The maximum Gasteiger partial charge on any atom is 0.253 e. The summed E-state index contributed by atoms with van der Waals surface area (Å²) < 4.78 is 18.4. The van der Waals surface area contributed by atoms with Crippen LogP contribution in [0.5, 0.6) is 5.75 Å². The number of nitrogens with one attached hydrogen (secondary N) is 2. The SMILES string of the molecule is COc1ccc(NC(=O)C2=CNC(=O)CC2c2ccc(F)cc2)c(C)c1. The van der Waals surface area contributed by atoms with Gasteiger partial charge >= 0.3 is 0 Å². The molecule has 2 aromatic rings. The van der Waals surface area contributed by atoms with Crippen LogP contribution in [0.3, 0.4) is 0 Å². The molecule has 0 bridgehead atoms. The molecule has 0 fully saturated rings. The van der Waals surface area contributed by atoms with E-state index in [0.717, 1.165) is 5.56 Å². The van der Waals surface area contributed by atoms with E-state index in [2.05, 4.69) is 10.6 Å². The van der Waals surface area contributed by atoms with E-state index in [1.165, 1.54) is 18.3 Å². The summed E-state index contributed by atoms with van der Waals surface area (Å²) in [5, 5.41) is 5.46. The summed E-state index contributed by atoms with van der Waals surface area (Å²) in [7, 11) is 1.58. The van der Waals surface area contributed by atoms with Crippen LogP contribution in [-0.4, -0.2) is 18.9 Å². The molecule has 2 N–H and O–H groups in total. The lowest BCUT2D eigenvalue weighted by atomic mass is 9.86. The summed E-state index contributed by atoms with van der Waals surface area (Å²) in [6, 6.07) is 11.2. The van der Waals surface area contributed by atoms with Crippen molar-refractivity contribution < 1.29 is 18.7 Å². The molecule has 0 aromatic heterocycles. The molecule has 2 amide bonds. The van der Waals surface area contributed by atoms with Crippen LogP contribution in [0.2, 0.25) is 0 Å².